The van der Waals surface area contributed by atoms with Crippen LogP contribution in [0.25, 0.3) is 11.0 Å². The van der Waals surface area contributed by atoms with E-state index in [9.17, 15) is 18.8 Å². The topological polar surface area (TPSA) is 175 Å². The molecule has 1 amide bonds. The molecular formula is C27H35FN6O5. The van der Waals surface area contributed by atoms with Crippen molar-refractivity contribution in [2.24, 2.45) is 0 Å². The highest BCUT2D eigenvalue weighted by Gasteiger charge is 2.31. The number of nitrogens with zero attached hydrogens (tertiary/aromatic N) is 2. The first-order valence-electron chi connectivity index (χ1n) is 12.8. The summed E-state index contributed by atoms with van der Waals surface area (Å²) in [7, 11) is 0. The molecule has 0 aliphatic heterocycles. The summed E-state index contributed by atoms with van der Waals surface area (Å²) in [4.78, 5) is 48.5. The number of aromatic nitrogens is 3. The number of ether oxygens (including phenoxy) is 2. The molecule has 2 heterocycles. The van der Waals surface area contributed by atoms with E-state index in [2.05, 4.69) is 20.3 Å². The third-order valence-corrected chi connectivity index (χ3v) is 5.78. The number of aromatic amines is 1. The van der Waals surface area contributed by atoms with Gasteiger partial charge in [-0.2, -0.15) is 9.97 Å². The Labute approximate surface area is 225 Å². The molecule has 0 bridgehead atoms. The van der Waals surface area contributed by atoms with Gasteiger partial charge in [0, 0.05) is 18.2 Å². The van der Waals surface area contributed by atoms with Crippen molar-refractivity contribution >= 4 is 40.6 Å². The van der Waals surface area contributed by atoms with E-state index in [-0.39, 0.29) is 11.5 Å². The molecule has 210 valence electrons. The first-order valence-corrected chi connectivity index (χ1v) is 12.8. The highest BCUT2D eigenvalue weighted by molar-refractivity contribution is 5.97. The first-order chi connectivity index (χ1) is 18.4. The predicted octanol–water partition coefficient (Wildman–Crippen LogP) is 3.03. The molecular weight excluding hydrogens is 507 g/mol. The van der Waals surface area contributed by atoms with E-state index in [0.29, 0.717) is 11.5 Å². The number of nitrogens with one attached hydrogen (secondary N) is 2. The zero-order valence-corrected chi connectivity index (χ0v) is 22.5. The average molecular weight is 543 g/mol. The molecule has 0 saturated carbocycles. The lowest BCUT2D eigenvalue weighted by molar-refractivity contribution is -0.155. The number of alkyl halides is 1. The summed E-state index contributed by atoms with van der Waals surface area (Å²) in [5, 5.41) is 3.25. The molecule has 0 fully saturated rings. The maximum atomic E-state index is 14.5. The number of anilines is 2. The van der Waals surface area contributed by atoms with Crippen LogP contribution >= 0.6 is 0 Å². The molecule has 11 nitrogen and oxygen atoms in total. The number of fused-ring (bicyclic) bond motifs is 1. The van der Waals surface area contributed by atoms with Crippen molar-refractivity contribution < 1.29 is 28.2 Å². The van der Waals surface area contributed by atoms with Gasteiger partial charge in [-0.25, -0.2) is 14.0 Å². The minimum absolute atomic E-state index is 0.110. The maximum Gasteiger partial charge on any atom is 0.341 e. The van der Waals surface area contributed by atoms with Gasteiger partial charge in [0.25, 0.3) is 5.91 Å². The van der Waals surface area contributed by atoms with Crippen LogP contribution in [0, 0.1) is 0 Å². The normalized spacial score (nSPS) is 12.9. The fourth-order valence-corrected chi connectivity index (χ4v) is 4.03. The minimum Gasteiger partial charge on any atom is -0.461 e. The zero-order chi connectivity index (χ0) is 28.7. The van der Waals surface area contributed by atoms with E-state index >= 15 is 0 Å². The number of nitrogen functional groups attached to an aromatic ring is 2. The predicted molar refractivity (Wildman–Crippen MR) is 144 cm³/mol. The summed E-state index contributed by atoms with van der Waals surface area (Å²) < 4.78 is 24.5. The van der Waals surface area contributed by atoms with E-state index in [4.69, 9.17) is 20.9 Å². The van der Waals surface area contributed by atoms with Crippen LogP contribution in [0.15, 0.2) is 30.5 Å². The third kappa shape index (κ3) is 8.13. The maximum absolute atomic E-state index is 14.5. The van der Waals surface area contributed by atoms with Crippen LogP contribution in [0.2, 0.25) is 0 Å². The van der Waals surface area contributed by atoms with Crippen molar-refractivity contribution in [3.8, 4) is 0 Å². The van der Waals surface area contributed by atoms with Gasteiger partial charge in [0.1, 0.15) is 17.5 Å². The number of hydrogen-bond donors (Lipinski definition) is 4. The molecule has 39 heavy (non-hydrogen) atoms. The Morgan fingerprint density at radius 3 is 2.26 bits per heavy atom. The van der Waals surface area contributed by atoms with Gasteiger partial charge in [0.15, 0.2) is 6.17 Å². The van der Waals surface area contributed by atoms with Gasteiger partial charge in [0.2, 0.25) is 5.95 Å². The highest BCUT2D eigenvalue weighted by Crippen LogP contribution is 2.24. The molecule has 3 rings (SSSR count). The summed E-state index contributed by atoms with van der Waals surface area (Å²) >= 11 is 0. The van der Waals surface area contributed by atoms with Gasteiger partial charge in [-0.15, -0.1) is 0 Å². The SMILES string of the molecule is CC(C)OC(=O)[C@H](C[C@H](F)C(=O)OC(C)C)NC(=O)c1ccc(CCCc2c[nH]c3nc(N)nc(N)c23)cc1. The van der Waals surface area contributed by atoms with E-state index in [0.717, 1.165) is 35.8 Å². The molecule has 6 N–H and O–H groups in total. The summed E-state index contributed by atoms with van der Waals surface area (Å²) in [5.41, 5.74) is 14.5. The lowest BCUT2D eigenvalue weighted by Gasteiger charge is -2.21. The Morgan fingerprint density at radius 1 is 0.974 bits per heavy atom. The van der Waals surface area contributed by atoms with E-state index in [1.54, 1.807) is 39.8 Å². The van der Waals surface area contributed by atoms with Gasteiger partial charge < -0.3 is 31.2 Å². The molecule has 12 heteroatoms. The second kappa shape index (κ2) is 13.0. The number of benzene rings is 1. The van der Waals surface area contributed by atoms with Crippen LogP contribution in [0.1, 0.15) is 62.0 Å². The molecule has 1 aromatic carbocycles. The fourth-order valence-electron chi connectivity index (χ4n) is 4.03. The summed E-state index contributed by atoms with van der Waals surface area (Å²) in [5.74, 6) is -2.08. The molecule has 0 spiro atoms. The van der Waals surface area contributed by atoms with Crippen LogP contribution in [-0.4, -0.2) is 57.2 Å². The number of carbonyl (C=O) groups is 3. The Balaban J connectivity index is 1.60. The Morgan fingerprint density at radius 2 is 1.62 bits per heavy atom. The van der Waals surface area contributed by atoms with Crippen LogP contribution in [-0.2, 0) is 31.9 Å². The van der Waals surface area contributed by atoms with Crippen molar-refractivity contribution in [1.82, 2.24) is 20.3 Å². The molecule has 3 aromatic rings. The van der Waals surface area contributed by atoms with Gasteiger partial charge >= 0.3 is 11.9 Å². The zero-order valence-electron chi connectivity index (χ0n) is 22.5. The van der Waals surface area contributed by atoms with Crippen molar-refractivity contribution in [3.63, 3.8) is 0 Å². The standard InChI is InChI=1S/C27H35FN6O5/c1-14(2)38-25(36)19(28)12-20(26(37)39-15(3)4)32-24(35)17-10-8-16(9-11-17)6-5-7-18-13-31-23-21(18)22(29)33-27(30)34-23/h8-11,13-15,19-20H,5-7,12H2,1-4H3,(H,32,35)(H5,29,30,31,33,34)/t19-,20-/m0/s1. The molecule has 0 saturated heterocycles. The second-order valence-electron chi connectivity index (χ2n) is 9.76. The molecule has 2 atom stereocenters. The van der Waals surface area contributed by atoms with Crippen LogP contribution < -0.4 is 16.8 Å². The molecule has 0 aliphatic rings. The van der Waals surface area contributed by atoms with Gasteiger partial charge in [0.05, 0.1) is 17.6 Å². The summed E-state index contributed by atoms with van der Waals surface area (Å²) in [6.07, 6.45) is 0.400. The fraction of sp³-hybridized carbons (Fsp3) is 0.444. The summed E-state index contributed by atoms with van der Waals surface area (Å²) in [6, 6.07) is 5.49. The number of nitrogens with two attached hydrogens (primary N) is 2. The quantitative estimate of drug-likeness (QED) is 0.251. The number of rotatable bonds is 12. The number of esters is 2. The molecule has 2 aromatic heterocycles. The van der Waals surface area contributed by atoms with Crippen LogP contribution in [0.4, 0.5) is 16.2 Å². The number of amides is 1. The monoisotopic (exact) mass is 542 g/mol. The molecule has 0 radical (unpaired) electrons. The summed E-state index contributed by atoms with van der Waals surface area (Å²) in [6.45, 7) is 6.44. The third-order valence-electron chi connectivity index (χ3n) is 5.78. The number of aryl methyl sites for hydroxylation is 2. The van der Waals surface area contributed by atoms with Crippen molar-refractivity contribution in [3.05, 3.63) is 47.2 Å². The largest absolute Gasteiger partial charge is 0.461 e. The van der Waals surface area contributed by atoms with E-state index in [1.165, 1.54) is 0 Å². The van der Waals surface area contributed by atoms with Gasteiger partial charge in [-0.3, -0.25) is 4.79 Å². The number of halogens is 1. The van der Waals surface area contributed by atoms with Crippen molar-refractivity contribution in [1.29, 1.82) is 0 Å². The van der Waals surface area contributed by atoms with Crippen LogP contribution in [0.3, 0.4) is 0 Å². The smallest absolute Gasteiger partial charge is 0.341 e. The first kappa shape index (κ1) is 29.3. The van der Waals surface area contributed by atoms with Gasteiger partial charge in [-0.1, -0.05) is 12.1 Å². The Hall–Kier alpha value is -4.22. The molecule has 0 aliphatic carbocycles. The van der Waals surface area contributed by atoms with Gasteiger partial charge in [-0.05, 0) is 70.2 Å². The molecule has 0 unspecified atom stereocenters. The van der Waals surface area contributed by atoms with Crippen molar-refractivity contribution in [2.45, 2.75) is 77.8 Å². The lowest BCUT2D eigenvalue weighted by Crippen LogP contribution is -2.45. The van der Waals surface area contributed by atoms with E-state index in [1.807, 2.05) is 18.3 Å². The van der Waals surface area contributed by atoms with Crippen LogP contribution in [0.5, 0.6) is 0 Å². The van der Waals surface area contributed by atoms with Crippen molar-refractivity contribution in [2.75, 3.05) is 11.5 Å². The lowest BCUT2D eigenvalue weighted by atomic mass is 10.0. The highest BCUT2D eigenvalue weighted by atomic mass is 19.1. The van der Waals surface area contributed by atoms with E-state index < -0.39 is 48.7 Å². The Bertz CT molecular complexity index is 1310. The number of carbonyl (C=O) groups excluding carboxylic acids is 3. The average Bonchev–Trinajstić information content (AvgIpc) is 3.26. The number of H-pyrrole nitrogens is 1. The second-order valence-corrected chi connectivity index (χ2v) is 9.76. The Kier molecular flexibility index (Phi) is 9.80. The minimum atomic E-state index is -2.10. The number of hydrogen-bond acceptors (Lipinski definition) is 9.